The molecule has 0 aromatic carbocycles. The first-order valence-corrected chi connectivity index (χ1v) is 7.89. The predicted molar refractivity (Wildman–Crippen MR) is 62.6 cm³/mol. The first-order chi connectivity index (χ1) is 6.18. The number of hydrogen-bond donors (Lipinski definition) is 0. The van der Waals surface area contributed by atoms with Crippen LogP contribution < -0.4 is 0 Å². The van der Waals surface area contributed by atoms with E-state index in [2.05, 4.69) is 6.55 Å². The molecule has 2 nitrogen and oxygen atoms in total. The highest BCUT2D eigenvalue weighted by Crippen LogP contribution is 2.16. The minimum absolute atomic E-state index is 0.750. The van der Waals surface area contributed by atoms with Gasteiger partial charge in [-0.25, -0.2) is 0 Å². The second kappa shape index (κ2) is 7.61. The number of unbranched alkanes of at least 4 members (excludes halogenated alkanes) is 1. The van der Waals surface area contributed by atoms with E-state index < -0.39 is 8.56 Å². The van der Waals surface area contributed by atoms with Gasteiger partial charge in [-0.1, -0.05) is 12.2 Å². The summed E-state index contributed by atoms with van der Waals surface area (Å²) in [6.07, 6.45) is 2.07. The summed E-state index contributed by atoms with van der Waals surface area (Å²) < 4.78 is 11.4. The summed E-state index contributed by atoms with van der Waals surface area (Å²) in [5.74, 6) is 0. The topological polar surface area (TPSA) is 18.5 Å². The molecular formula is C9H20O2SSi. The van der Waals surface area contributed by atoms with Crippen molar-refractivity contribution >= 4 is 26.1 Å². The van der Waals surface area contributed by atoms with Crippen LogP contribution in [0.1, 0.15) is 26.7 Å². The van der Waals surface area contributed by atoms with Crippen molar-refractivity contribution in [1.29, 1.82) is 0 Å². The Hall–Kier alpha value is 0.227. The Balaban J connectivity index is 3.83. The lowest BCUT2D eigenvalue weighted by atomic mass is 10.4. The first kappa shape index (κ1) is 13.2. The van der Waals surface area contributed by atoms with Gasteiger partial charge in [-0.3, -0.25) is 0 Å². The average molecular weight is 220 g/mol. The summed E-state index contributed by atoms with van der Waals surface area (Å²) in [5.41, 5.74) is 0. The molecule has 0 amide bonds. The Morgan fingerprint density at radius 3 is 2.15 bits per heavy atom. The molecule has 0 aromatic rings. The molecule has 78 valence electrons. The van der Waals surface area contributed by atoms with Crippen molar-refractivity contribution in [2.45, 2.75) is 39.3 Å². The lowest BCUT2D eigenvalue weighted by molar-refractivity contribution is 0.188. The standard InChI is InChI=1S/C9H20O2SSi/c1-4-10-13(3,11-5-2)9-7-6-8-12/h8H,4-7,9H2,1-3H3. The van der Waals surface area contributed by atoms with Crippen LogP contribution in [0.15, 0.2) is 0 Å². The van der Waals surface area contributed by atoms with Crippen molar-refractivity contribution < 1.29 is 8.85 Å². The van der Waals surface area contributed by atoms with Crippen molar-refractivity contribution in [2.24, 2.45) is 0 Å². The van der Waals surface area contributed by atoms with Gasteiger partial charge in [-0.2, -0.15) is 0 Å². The van der Waals surface area contributed by atoms with Gasteiger partial charge in [0.15, 0.2) is 0 Å². The van der Waals surface area contributed by atoms with Crippen LogP contribution in [0.2, 0.25) is 12.6 Å². The van der Waals surface area contributed by atoms with Crippen molar-refractivity contribution in [3.05, 3.63) is 0 Å². The lowest BCUT2D eigenvalue weighted by Gasteiger charge is -2.25. The van der Waals surface area contributed by atoms with E-state index in [0.29, 0.717) is 0 Å². The van der Waals surface area contributed by atoms with Crippen LogP contribution in [-0.2, 0) is 8.85 Å². The number of rotatable bonds is 8. The van der Waals surface area contributed by atoms with Gasteiger partial charge in [-0.05, 0) is 44.6 Å². The van der Waals surface area contributed by atoms with Crippen LogP contribution in [0, 0.1) is 0 Å². The average Bonchev–Trinajstić information content (AvgIpc) is 2.05. The third-order valence-electron chi connectivity index (χ3n) is 1.85. The fourth-order valence-corrected chi connectivity index (χ4v) is 3.91. The zero-order valence-corrected chi connectivity index (χ0v) is 10.7. The van der Waals surface area contributed by atoms with Crippen LogP contribution in [0.5, 0.6) is 0 Å². The molecule has 0 heterocycles. The Bertz CT molecular complexity index is 136. The van der Waals surface area contributed by atoms with E-state index in [1.807, 2.05) is 13.8 Å². The van der Waals surface area contributed by atoms with Crippen molar-refractivity contribution in [1.82, 2.24) is 0 Å². The van der Waals surface area contributed by atoms with Crippen LogP contribution in [0.25, 0.3) is 0 Å². The van der Waals surface area contributed by atoms with E-state index in [1.165, 1.54) is 0 Å². The van der Waals surface area contributed by atoms with Gasteiger partial charge in [0.1, 0.15) is 0 Å². The molecule has 0 spiro atoms. The molecule has 0 rings (SSSR count). The largest absolute Gasteiger partial charge is 0.395 e. The minimum atomic E-state index is -1.85. The van der Waals surface area contributed by atoms with Crippen LogP contribution >= 0.6 is 12.2 Å². The maximum absolute atomic E-state index is 5.69. The number of thiocarbonyl (C=S) groups is 1. The highest BCUT2D eigenvalue weighted by Gasteiger charge is 2.29. The smallest absolute Gasteiger partial charge is 0.334 e. The third kappa shape index (κ3) is 6.32. The molecule has 0 N–H and O–H groups in total. The molecule has 0 aliphatic carbocycles. The monoisotopic (exact) mass is 220 g/mol. The van der Waals surface area contributed by atoms with Gasteiger partial charge in [0.05, 0.1) is 0 Å². The van der Waals surface area contributed by atoms with E-state index in [9.17, 15) is 0 Å². The molecule has 0 atom stereocenters. The fraction of sp³-hybridized carbons (Fsp3) is 0.889. The van der Waals surface area contributed by atoms with Crippen LogP contribution in [0.3, 0.4) is 0 Å². The summed E-state index contributed by atoms with van der Waals surface area (Å²) in [5, 5.41) is 1.78. The third-order valence-corrected chi connectivity index (χ3v) is 5.15. The zero-order valence-electron chi connectivity index (χ0n) is 8.84. The van der Waals surface area contributed by atoms with Gasteiger partial charge < -0.3 is 8.85 Å². The Labute approximate surface area is 87.9 Å². The van der Waals surface area contributed by atoms with Crippen molar-refractivity contribution in [2.75, 3.05) is 13.2 Å². The molecule has 4 heteroatoms. The second-order valence-electron chi connectivity index (χ2n) is 3.06. The van der Waals surface area contributed by atoms with Gasteiger partial charge in [0.25, 0.3) is 0 Å². The molecule has 0 saturated heterocycles. The molecule has 0 fully saturated rings. The van der Waals surface area contributed by atoms with Gasteiger partial charge in [-0.15, -0.1) is 0 Å². The van der Waals surface area contributed by atoms with Gasteiger partial charge >= 0.3 is 8.56 Å². The quantitative estimate of drug-likeness (QED) is 0.356. The van der Waals surface area contributed by atoms with Gasteiger partial charge in [0.2, 0.25) is 0 Å². The SMILES string of the molecule is CCO[Si](C)(CCCC=S)OCC. The summed E-state index contributed by atoms with van der Waals surface area (Å²) in [7, 11) is -1.85. The summed E-state index contributed by atoms with van der Waals surface area (Å²) in [6, 6.07) is 1.04. The molecule has 0 unspecified atom stereocenters. The predicted octanol–water partition coefficient (Wildman–Crippen LogP) is 2.91. The maximum atomic E-state index is 5.69. The zero-order chi connectivity index (χ0) is 10.2. The Morgan fingerprint density at radius 1 is 1.23 bits per heavy atom. The van der Waals surface area contributed by atoms with E-state index in [-0.39, 0.29) is 0 Å². The minimum Gasteiger partial charge on any atom is -0.395 e. The summed E-state index contributed by atoms with van der Waals surface area (Å²) in [6.45, 7) is 7.66. The normalized spacial score (nSPS) is 11.6. The van der Waals surface area contributed by atoms with Crippen LogP contribution in [-0.4, -0.2) is 27.1 Å². The van der Waals surface area contributed by atoms with Gasteiger partial charge in [0, 0.05) is 13.2 Å². The Kier molecular flexibility index (Phi) is 7.75. The highest BCUT2D eigenvalue weighted by atomic mass is 32.1. The molecule has 0 aliphatic heterocycles. The highest BCUT2D eigenvalue weighted by molar-refractivity contribution is 7.78. The fourth-order valence-electron chi connectivity index (χ4n) is 1.30. The maximum Gasteiger partial charge on any atom is 0.334 e. The van der Waals surface area contributed by atoms with E-state index >= 15 is 0 Å². The summed E-state index contributed by atoms with van der Waals surface area (Å²) in [4.78, 5) is 0. The lowest BCUT2D eigenvalue weighted by Crippen LogP contribution is -2.38. The van der Waals surface area contributed by atoms with E-state index in [0.717, 1.165) is 32.1 Å². The van der Waals surface area contributed by atoms with E-state index in [1.54, 1.807) is 5.37 Å². The van der Waals surface area contributed by atoms with Crippen LogP contribution in [0.4, 0.5) is 0 Å². The van der Waals surface area contributed by atoms with E-state index in [4.69, 9.17) is 21.1 Å². The Morgan fingerprint density at radius 2 is 1.77 bits per heavy atom. The number of hydrogen-bond acceptors (Lipinski definition) is 3. The second-order valence-corrected chi connectivity index (χ2v) is 6.74. The summed E-state index contributed by atoms with van der Waals surface area (Å²) >= 11 is 4.78. The molecule has 0 aromatic heterocycles. The molecule has 0 aliphatic rings. The van der Waals surface area contributed by atoms with Crippen molar-refractivity contribution in [3.8, 4) is 0 Å². The molecule has 0 saturated carbocycles. The molecule has 0 radical (unpaired) electrons. The first-order valence-electron chi connectivity index (χ1n) is 4.90. The molecule has 13 heavy (non-hydrogen) atoms. The molecule has 0 bridgehead atoms. The molecular weight excluding hydrogens is 200 g/mol. The van der Waals surface area contributed by atoms with Crippen molar-refractivity contribution in [3.63, 3.8) is 0 Å².